The van der Waals surface area contributed by atoms with Gasteiger partial charge in [-0.2, -0.15) is 0 Å². The molecule has 1 aliphatic heterocycles. The number of phenolic OH excluding ortho intramolecular Hbond substituents is 3. The lowest BCUT2D eigenvalue weighted by Gasteiger charge is -2.34. The van der Waals surface area contributed by atoms with E-state index in [0.717, 1.165) is 22.3 Å². The maximum atomic E-state index is 9.90. The maximum absolute atomic E-state index is 9.90. The molecule has 4 heteroatoms. The van der Waals surface area contributed by atoms with Gasteiger partial charge in [-0.05, 0) is 47.9 Å². The molecule has 1 unspecified atom stereocenters. The molecule has 3 aromatic rings. The molecule has 1 heterocycles. The number of hydrogen-bond donors (Lipinski definition) is 3. The Bertz CT molecular complexity index is 947. The zero-order chi connectivity index (χ0) is 18.3. The molecule has 0 aliphatic carbocycles. The summed E-state index contributed by atoms with van der Waals surface area (Å²) in [5.74, 6) is 1.42. The van der Waals surface area contributed by atoms with Crippen molar-refractivity contribution in [3.8, 4) is 23.0 Å². The quantitative estimate of drug-likeness (QED) is 0.641. The Balaban J connectivity index is 1.87. The van der Waals surface area contributed by atoms with Gasteiger partial charge in [-0.1, -0.05) is 30.3 Å². The Labute approximate surface area is 151 Å². The second kappa shape index (κ2) is 6.30. The van der Waals surface area contributed by atoms with Gasteiger partial charge >= 0.3 is 0 Å². The molecule has 4 rings (SSSR count). The van der Waals surface area contributed by atoms with Crippen molar-refractivity contribution in [2.24, 2.45) is 0 Å². The summed E-state index contributed by atoms with van der Waals surface area (Å²) in [7, 11) is 0. The number of phenols is 3. The highest BCUT2D eigenvalue weighted by Crippen LogP contribution is 2.47. The molecular weight excluding hydrogens is 328 g/mol. The van der Waals surface area contributed by atoms with Gasteiger partial charge in [0.25, 0.3) is 0 Å². The van der Waals surface area contributed by atoms with E-state index < -0.39 is 0 Å². The third-order valence-corrected chi connectivity index (χ3v) is 5.05. The number of fused-ring (bicyclic) bond motifs is 1. The summed E-state index contributed by atoms with van der Waals surface area (Å²) in [6.45, 7) is 2.34. The molecule has 0 aromatic heterocycles. The van der Waals surface area contributed by atoms with E-state index in [2.05, 4.69) is 0 Å². The molecule has 132 valence electrons. The van der Waals surface area contributed by atoms with Crippen LogP contribution < -0.4 is 4.74 Å². The fraction of sp³-hybridized carbons (Fsp3) is 0.182. The van der Waals surface area contributed by atoms with Crippen LogP contribution in [-0.2, 0) is 0 Å². The second-order valence-electron chi connectivity index (χ2n) is 6.75. The predicted molar refractivity (Wildman–Crippen MR) is 99.1 cm³/mol. The third-order valence-electron chi connectivity index (χ3n) is 5.05. The van der Waals surface area contributed by atoms with Crippen LogP contribution in [0.15, 0.2) is 60.7 Å². The summed E-state index contributed by atoms with van der Waals surface area (Å²) < 4.78 is 5.94. The average molecular weight is 348 g/mol. The van der Waals surface area contributed by atoms with Crippen LogP contribution in [0.1, 0.15) is 34.1 Å². The summed E-state index contributed by atoms with van der Waals surface area (Å²) >= 11 is 0. The van der Waals surface area contributed by atoms with Crippen molar-refractivity contribution < 1.29 is 20.1 Å². The summed E-state index contributed by atoms with van der Waals surface area (Å²) in [5.41, 5.74) is 3.96. The molecule has 2 atom stereocenters. The van der Waals surface area contributed by atoms with Gasteiger partial charge in [0.1, 0.15) is 23.0 Å². The molecule has 0 saturated carbocycles. The van der Waals surface area contributed by atoms with Crippen molar-refractivity contribution in [1.82, 2.24) is 0 Å². The van der Waals surface area contributed by atoms with Gasteiger partial charge in [0.2, 0.25) is 0 Å². The molecule has 3 N–H and O–H groups in total. The molecule has 0 amide bonds. The first-order chi connectivity index (χ1) is 12.5. The predicted octanol–water partition coefficient (Wildman–Crippen LogP) is 4.42. The van der Waals surface area contributed by atoms with Crippen molar-refractivity contribution >= 4 is 0 Å². The van der Waals surface area contributed by atoms with Gasteiger partial charge in [-0.15, -0.1) is 0 Å². The third kappa shape index (κ3) is 2.84. The highest BCUT2D eigenvalue weighted by Gasteiger charge is 2.33. The van der Waals surface area contributed by atoms with Gasteiger partial charge in [0, 0.05) is 23.5 Å². The standard InChI is InChI=1S/C22H20O4/c1-13-10-15(4-9-20(13)25)22-18-8-7-17(24)11-21(18)26-12-19(22)14-2-5-16(23)6-3-14/h2-11,19,22-25H,12H2,1H3/t19-,22?/m1/s1. The Morgan fingerprint density at radius 1 is 0.808 bits per heavy atom. The lowest BCUT2D eigenvalue weighted by atomic mass is 9.75. The number of hydrogen-bond acceptors (Lipinski definition) is 4. The fourth-order valence-corrected chi connectivity index (χ4v) is 3.69. The highest BCUT2D eigenvalue weighted by molar-refractivity contribution is 5.52. The fourth-order valence-electron chi connectivity index (χ4n) is 3.69. The first kappa shape index (κ1) is 16.3. The monoisotopic (exact) mass is 348 g/mol. The molecule has 0 bridgehead atoms. The van der Waals surface area contributed by atoms with Crippen LogP contribution in [0.25, 0.3) is 0 Å². The molecule has 3 aromatic carbocycles. The van der Waals surface area contributed by atoms with E-state index in [1.54, 1.807) is 30.3 Å². The number of ether oxygens (including phenoxy) is 1. The molecule has 4 nitrogen and oxygen atoms in total. The molecule has 0 radical (unpaired) electrons. The van der Waals surface area contributed by atoms with E-state index in [-0.39, 0.29) is 29.1 Å². The van der Waals surface area contributed by atoms with Crippen LogP contribution in [0.2, 0.25) is 0 Å². The van der Waals surface area contributed by atoms with Crippen LogP contribution in [0.4, 0.5) is 0 Å². The zero-order valence-corrected chi connectivity index (χ0v) is 14.4. The largest absolute Gasteiger partial charge is 0.508 e. The Hall–Kier alpha value is -3.14. The highest BCUT2D eigenvalue weighted by atomic mass is 16.5. The van der Waals surface area contributed by atoms with Crippen LogP contribution in [-0.4, -0.2) is 21.9 Å². The van der Waals surface area contributed by atoms with Crippen molar-refractivity contribution in [3.05, 3.63) is 82.9 Å². The Kier molecular flexibility index (Phi) is 3.96. The summed E-state index contributed by atoms with van der Waals surface area (Å²) in [4.78, 5) is 0. The SMILES string of the molecule is Cc1cc(C2c3ccc(O)cc3OC[C@@H]2c2ccc(O)cc2)ccc1O. The number of rotatable bonds is 2. The van der Waals surface area contributed by atoms with Crippen molar-refractivity contribution in [2.75, 3.05) is 6.61 Å². The van der Waals surface area contributed by atoms with E-state index in [9.17, 15) is 15.3 Å². The van der Waals surface area contributed by atoms with Gasteiger partial charge in [-0.3, -0.25) is 0 Å². The minimum absolute atomic E-state index is 0.0168. The number of benzene rings is 3. The molecule has 1 aliphatic rings. The summed E-state index contributed by atoms with van der Waals surface area (Å²) in [6, 6.07) is 18.0. The summed E-state index contributed by atoms with van der Waals surface area (Å²) in [5, 5.41) is 29.3. The van der Waals surface area contributed by atoms with Crippen LogP contribution in [0, 0.1) is 6.92 Å². The first-order valence-corrected chi connectivity index (χ1v) is 8.57. The molecule has 0 spiro atoms. The van der Waals surface area contributed by atoms with Crippen molar-refractivity contribution in [1.29, 1.82) is 0 Å². The molecular formula is C22H20O4. The van der Waals surface area contributed by atoms with Crippen LogP contribution in [0.5, 0.6) is 23.0 Å². The summed E-state index contributed by atoms with van der Waals surface area (Å²) in [6.07, 6.45) is 0. The van der Waals surface area contributed by atoms with Crippen molar-refractivity contribution in [2.45, 2.75) is 18.8 Å². The van der Waals surface area contributed by atoms with Crippen LogP contribution >= 0.6 is 0 Å². The Morgan fingerprint density at radius 2 is 1.50 bits per heavy atom. The van der Waals surface area contributed by atoms with Gasteiger partial charge in [-0.25, -0.2) is 0 Å². The smallest absolute Gasteiger partial charge is 0.126 e. The average Bonchev–Trinajstić information content (AvgIpc) is 2.64. The molecule has 0 saturated heterocycles. The maximum Gasteiger partial charge on any atom is 0.126 e. The number of aromatic hydroxyl groups is 3. The Morgan fingerprint density at radius 3 is 2.23 bits per heavy atom. The second-order valence-corrected chi connectivity index (χ2v) is 6.75. The van der Waals surface area contributed by atoms with Gasteiger partial charge < -0.3 is 20.1 Å². The van der Waals surface area contributed by atoms with E-state index >= 15 is 0 Å². The van der Waals surface area contributed by atoms with Crippen molar-refractivity contribution in [3.63, 3.8) is 0 Å². The minimum atomic E-state index is 0.0168. The van der Waals surface area contributed by atoms with E-state index in [0.29, 0.717) is 12.4 Å². The molecule has 26 heavy (non-hydrogen) atoms. The minimum Gasteiger partial charge on any atom is -0.508 e. The lowest BCUT2D eigenvalue weighted by molar-refractivity contribution is 0.247. The van der Waals surface area contributed by atoms with Gasteiger partial charge in [0.05, 0.1) is 6.61 Å². The topological polar surface area (TPSA) is 69.9 Å². The number of aryl methyl sites for hydroxylation is 1. The van der Waals surface area contributed by atoms with Gasteiger partial charge in [0.15, 0.2) is 0 Å². The first-order valence-electron chi connectivity index (χ1n) is 8.57. The molecule has 0 fully saturated rings. The van der Waals surface area contributed by atoms with E-state index in [1.165, 1.54) is 0 Å². The zero-order valence-electron chi connectivity index (χ0n) is 14.4. The van der Waals surface area contributed by atoms with Crippen LogP contribution in [0.3, 0.4) is 0 Å². The normalized spacial score (nSPS) is 18.8. The lowest BCUT2D eigenvalue weighted by Crippen LogP contribution is -2.25. The van der Waals surface area contributed by atoms with E-state index in [1.807, 2.05) is 37.3 Å². The van der Waals surface area contributed by atoms with E-state index in [4.69, 9.17) is 4.74 Å².